The second-order valence-electron chi connectivity index (χ2n) is 4.67. The van der Waals surface area contributed by atoms with Gasteiger partial charge in [0.05, 0.1) is 6.54 Å². The van der Waals surface area contributed by atoms with Gasteiger partial charge in [0.25, 0.3) is 0 Å². The van der Waals surface area contributed by atoms with Gasteiger partial charge in [0.1, 0.15) is 29.9 Å². The molecule has 0 aliphatic carbocycles. The van der Waals surface area contributed by atoms with E-state index >= 15 is 0 Å². The maximum Gasteiger partial charge on any atom is 0.217 e. The second kappa shape index (κ2) is 8.00. The summed E-state index contributed by atoms with van der Waals surface area (Å²) in [4.78, 5) is 3.76. The van der Waals surface area contributed by atoms with E-state index in [2.05, 4.69) is 22.3 Å². The van der Waals surface area contributed by atoms with Crippen molar-refractivity contribution in [1.82, 2.24) is 14.8 Å². The quantitative estimate of drug-likeness (QED) is 0.776. The summed E-state index contributed by atoms with van der Waals surface area (Å²) in [5.41, 5.74) is -1.89. The molecule has 2 N–H and O–H groups in total. The first-order valence-corrected chi connectivity index (χ1v) is 7.51. The molecule has 5 nitrogen and oxygen atoms in total. The van der Waals surface area contributed by atoms with Crippen LogP contribution >= 0.6 is 36.4 Å². The van der Waals surface area contributed by atoms with Gasteiger partial charge in [-0.05, 0) is 25.2 Å². The van der Waals surface area contributed by atoms with Crippen molar-refractivity contribution in [3.05, 3.63) is 48.1 Å². The Hall–Kier alpha value is -1.29. The van der Waals surface area contributed by atoms with E-state index in [9.17, 15) is 19.0 Å². The molecular weight excluding hydrogens is 368 g/mol. The molecule has 1 aromatic carbocycles. The third kappa shape index (κ3) is 4.60. The van der Waals surface area contributed by atoms with E-state index < -0.39 is 22.5 Å². The predicted octanol–water partition coefficient (Wildman–Crippen LogP) is 2.83. The minimum Gasteiger partial charge on any atom is -0.494 e. The van der Waals surface area contributed by atoms with Gasteiger partial charge < -0.3 is 10.2 Å². The first-order valence-electron chi connectivity index (χ1n) is 6.23. The van der Waals surface area contributed by atoms with Gasteiger partial charge in [-0.3, -0.25) is 0 Å². The predicted molar refractivity (Wildman–Crippen MR) is 89.8 cm³/mol. The molecule has 2 rings (SSSR count). The first kappa shape index (κ1) is 19.8. The highest BCUT2D eigenvalue weighted by molar-refractivity contribution is 8.22. The minimum atomic E-state index is -1.77. The van der Waals surface area contributed by atoms with E-state index in [4.69, 9.17) is 0 Å². The Morgan fingerprint density at radius 3 is 2.70 bits per heavy atom. The molecule has 0 amide bonds. The van der Waals surface area contributed by atoms with Gasteiger partial charge in [0.15, 0.2) is 0 Å². The Kier molecular flexibility index (Phi) is 6.87. The van der Waals surface area contributed by atoms with Crippen LogP contribution in [0.5, 0.6) is 0 Å². The number of hydrogen-bond donors (Lipinski definition) is 2. The van der Waals surface area contributed by atoms with Gasteiger partial charge in [0.2, 0.25) is 4.38 Å². The lowest BCUT2D eigenvalue weighted by molar-refractivity contribution is 0.0135. The minimum absolute atomic E-state index is 0. The standard InChI is InChI=1S/C13H13F2N3O2S2.ClH/c1-8(22-12(19)21)13(20,5-18-7-16-6-17-18)10-3-2-9(14)4-11(10)15;/h2-4,6-8,20H,5H2,1H3,(H,19,21);1H. The molecule has 2 unspecified atom stereocenters. The zero-order chi connectivity index (χ0) is 16.3. The maximum absolute atomic E-state index is 14.1. The van der Waals surface area contributed by atoms with Crippen LogP contribution in [0.15, 0.2) is 30.9 Å². The van der Waals surface area contributed by atoms with Gasteiger partial charge in [-0.2, -0.15) is 5.10 Å². The van der Waals surface area contributed by atoms with E-state index in [1.807, 2.05) is 0 Å². The molecule has 2 atom stereocenters. The number of aliphatic hydroxyl groups excluding tert-OH is 1. The van der Waals surface area contributed by atoms with E-state index in [0.29, 0.717) is 6.07 Å². The fourth-order valence-corrected chi connectivity index (χ4v) is 3.22. The molecule has 23 heavy (non-hydrogen) atoms. The second-order valence-corrected chi connectivity index (χ2v) is 6.64. The van der Waals surface area contributed by atoms with Crippen LogP contribution in [0.4, 0.5) is 8.78 Å². The molecule has 0 saturated heterocycles. The summed E-state index contributed by atoms with van der Waals surface area (Å²) in [5, 5.41) is 23.4. The number of rotatable bonds is 5. The summed E-state index contributed by atoms with van der Waals surface area (Å²) in [6.07, 6.45) is 2.64. The zero-order valence-corrected chi connectivity index (χ0v) is 14.3. The van der Waals surface area contributed by atoms with Crippen LogP contribution in [0.2, 0.25) is 0 Å². The lowest BCUT2D eigenvalue weighted by atomic mass is 9.90. The van der Waals surface area contributed by atoms with E-state index in [1.165, 1.54) is 23.4 Å². The molecule has 0 spiro atoms. The van der Waals surface area contributed by atoms with E-state index in [1.54, 1.807) is 6.92 Å². The van der Waals surface area contributed by atoms with Crippen molar-refractivity contribution < 1.29 is 19.0 Å². The molecule has 0 aliphatic rings. The molecule has 126 valence electrons. The summed E-state index contributed by atoms with van der Waals surface area (Å²) in [6.45, 7) is 1.44. The van der Waals surface area contributed by atoms with Gasteiger partial charge in [-0.1, -0.05) is 17.8 Å². The largest absolute Gasteiger partial charge is 0.494 e. The number of thiocarbonyl (C=S) groups is 1. The van der Waals surface area contributed by atoms with Crippen LogP contribution in [0.1, 0.15) is 12.5 Å². The van der Waals surface area contributed by atoms with Crippen LogP contribution in [0, 0.1) is 11.6 Å². The van der Waals surface area contributed by atoms with Crippen LogP contribution in [0.3, 0.4) is 0 Å². The third-order valence-corrected chi connectivity index (χ3v) is 4.45. The smallest absolute Gasteiger partial charge is 0.217 e. The summed E-state index contributed by atoms with van der Waals surface area (Å²) >= 11 is 5.42. The SMILES string of the molecule is CC(SC(O)=S)C(O)(Cn1cncn1)c1ccc(F)cc1F.Cl. The Bertz CT molecular complexity index is 675. The van der Waals surface area contributed by atoms with Crippen molar-refractivity contribution in [1.29, 1.82) is 0 Å². The Morgan fingerprint density at radius 2 is 2.17 bits per heavy atom. The zero-order valence-electron chi connectivity index (χ0n) is 11.9. The van der Waals surface area contributed by atoms with Gasteiger partial charge in [-0.15, -0.1) is 12.4 Å². The number of thioether (sulfide) groups is 1. The fraction of sp³-hybridized carbons (Fsp3) is 0.308. The monoisotopic (exact) mass is 381 g/mol. The Morgan fingerprint density at radius 1 is 1.48 bits per heavy atom. The molecule has 2 aromatic rings. The van der Waals surface area contributed by atoms with Crippen molar-refractivity contribution in [2.45, 2.75) is 24.3 Å². The number of aromatic nitrogens is 3. The van der Waals surface area contributed by atoms with Crippen molar-refractivity contribution in [3.63, 3.8) is 0 Å². The highest BCUT2D eigenvalue weighted by Crippen LogP contribution is 2.36. The van der Waals surface area contributed by atoms with Crippen LogP contribution < -0.4 is 0 Å². The maximum atomic E-state index is 14.1. The number of benzene rings is 1. The van der Waals surface area contributed by atoms with Crippen molar-refractivity contribution in [2.24, 2.45) is 0 Å². The highest BCUT2D eigenvalue weighted by atomic mass is 35.5. The van der Waals surface area contributed by atoms with E-state index in [0.717, 1.165) is 17.8 Å². The molecule has 0 radical (unpaired) electrons. The molecule has 0 saturated carbocycles. The first-order chi connectivity index (χ1) is 10.3. The molecule has 0 aliphatic heterocycles. The molecule has 0 fully saturated rings. The summed E-state index contributed by atoms with van der Waals surface area (Å²) in [5.74, 6) is -1.64. The van der Waals surface area contributed by atoms with E-state index in [-0.39, 0.29) is 28.9 Å². The lowest BCUT2D eigenvalue weighted by Gasteiger charge is -2.33. The molecule has 1 aromatic heterocycles. The molecule has 0 bridgehead atoms. The summed E-state index contributed by atoms with van der Waals surface area (Å²) < 4.78 is 28.2. The van der Waals surface area contributed by atoms with Crippen molar-refractivity contribution >= 4 is 40.8 Å². The topological polar surface area (TPSA) is 71.2 Å². The third-order valence-electron chi connectivity index (χ3n) is 3.22. The fourth-order valence-electron chi connectivity index (χ4n) is 2.08. The van der Waals surface area contributed by atoms with Crippen LogP contribution in [-0.2, 0) is 12.1 Å². The number of aliphatic hydroxyl groups is 2. The van der Waals surface area contributed by atoms with Gasteiger partial charge >= 0.3 is 0 Å². The van der Waals surface area contributed by atoms with Gasteiger partial charge in [-0.25, -0.2) is 18.4 Å². The number of hydrogen-bond acceptors (Lipinski definition) is 5. The average Bonchev–Trinajstić information content (AvgIpc) is 2.90. The van der Waals surface area contributed by atoms with Crippen LogP contribution in [0.25, 0.3) is 0 Å². The molecule has 10 heteroatoms. The average molecular weight is 382 g/mol. The Balaban J connectivity index is 0.00000264. The van der Waals surface area contributed by atoms with Crippen LogP contribution in [-0.4, -0.2) is 34.6 Å². The number of halogens is 3. The highest BCUT2D eigenvalue weighted by Gasteiger charge is 2.40. The van der Waals surface area contributed by atoms with Crippen molar-refractivity contribution in [3.8, 4) is 0 Å². The molecule has 1 heterocycles. The summed E-state index contributed by atoms with van der Waals surface area (Å²) in [7, 11) is 0. The van der Waals surface area contributed by atoms with Crippen molar-refractivity contribution in [2.75, 3.05) is 0 Å². The number of nitrogens with zero attached hydrogens (tertiary/aromatic N) is 3. The lowest BCUT2D eigenvalue weighted by Crippen LogP contribution is -2.41. The molecular formula is C13H14ClF2N3O2S2. The summed E-state index contributed by atoms with van der Waals surface area (Å²) in [6, 6.07) is 2.91. The van der Waals surface area contributed by atoms with Gasteiger partial charge in [0, 0.05) is 16.9 Å². The Labute approximate surface area is 147 Å². The normalized spacial score (nSPS) is 14.6.